The van der Waals surface area contributed by atoms with Crippen molar-refractivity contribution in [2.24, 2.45) is 5.92 Å². The highest BCUT2D eigenvalue weighted by atomic mass is 16.5. The first-order valence-electron chi connectivity index (χ1n) is 11.0. The van der Waals surface area contributed by atoms with Crippen LogP contribution in [0.4, 0.5) is 0 Å². The number of carbonyl (C=O) groups is 1. The number of fused-ring (bicyclic) bond motifs is 1. The zero-order valence-electron chi connectivity index (χ0n) is 18.2. The topological polar surface area (TPSA) is 64.7 Å². The van der Waals surface area contributed by atoms with Gasteiger partial charge in [0.05, 0.1) is 18.7 Å². The van der Waals surface area contributed by atoms with Crippen molar-refractivity contribution in [3.05, 3.63) is 89.8 Å². The molecule has 1 aliphatic rings. The van der Waals surface area contributed by atoms with Crippen molar-refractivity contribution in [1.82, 2.24) is 24.1 Å². The largest absolute Gasteiger partial charge is 0.379 e. The van der Waals surface area contributed by atoms with E-state index in [2.05, 4.69) is 26.8 Å². The molecule has 4 aromatic rings. The van der Waals surface area contributed by atoms with Crippen LogP contribution in [-0.4, -0.2) is 56.3 Å². The fraction of sp³-hybridized carbons (Fsp3) is 0.320. The smallest absolute Gasteiger partial charge is 0.253 e. The molecule has 0 spiro atoms. The Labute approximate surface area is 187 Å². The number of benzene rings is 1. The van der Waals surface area contributed by atoms with Crippen LogP contribution in [0.25, 0.3) is 5.52 Å². The molecule has 1 aliphatic heterocycles. The second-order valence-electron chi connectivity index (χ2n) is 8.39. The Balaban J connectivity index is 1.31. The van der Waals surface area contributed by atoms with E-state index in [1.165, 1.54) is 5.56 Å². The van der Waals surface area contributed by atoms with Gasteiger partial charge in [-0.05, 0) is 48.7 Å². The minimum absolute atomic E-state index is 0.0623. The molecule has 3 aromatic heterocycles. The molecule has 7 nitrogen and oxygen atoms in total. The highest BCUT2D eigenvalue weighted by molar-refractivity contribution is 5.94. The van der Waals surface area contributed by atoms with E-state index in [0.29, 0.717) is 32.8 Å². The summed E-state index contributed by atoms with van der Waals surface area (Å²) in [4.78, 5) is 19.6. The summed E-state index contributed by atoms with van der Waals surface area (Å²) >= 11 is 0. The van der Waals surface area contributed by atoms with E-state index in [0.717, 1.165) is 28.9 Å². The number of amides is 1. The second kappa shape index (κ2) is 8.96. The fourth-order valence-electron chi connectivity index (χ4n) is 4.44. The van der Waals surface area contributed by atoms with Crippen LogP contribution in [0, 0.1) is 12.8 Å². The van der Waals surface area contributed by atoms with Gasteiger partial charge < -0.3 is 14.2 Å². The van der Waals surface area contributed by atoms with Gasteiger partial charge in [0.25, 0.3) is 5.91 Å². The molecule has 1 atom stereocenters. The van der Waals surface area contributed by atoms with Crippen molar-refractivity contribution in [3.63, 3.8) is 0 Å². The normalized spacial score (nSPS) is 16.9. The molecule has 1 unspecified atom stereocenters. The molecule has 1 amide bonds. The molecule has 1 fully saturated rings. The Morgan fingerprint density at radius 3 is 2.97 bits per heavy atom. The molecule has 4 heterocycles. The molecule has 32 heavy (non-hydrogen) atoms. The summed E-state index contributed by atoms with van der Waals surface area (Å²) in [6.45, 7) is 5.19. The molecule has 0 bridgehead atoms. The molecule has 0 radical (unpaired) electrons. The van der Waals surface area contributed by atoms with Crippen molar-refractivity contribution in [2.45, 2.75) is 19.9 Å². The van der Waals surface area contributed by atoms with Crippen molar-refractivity contribution >= 4 is 11.4 Å². The predicted octanol–water partition coefficient (Wildman–Crippen LogP) is 3.22. The monoisotopic (exact) mass is 429 g/mol. The summed E-state index contributed by atoms with van der Waals surface area (Å²) < 4.78 is 9.84. The van der Waals surface area contributed by atoms with E-state index in [-0.39, 0.29) is 11.8 Å². The van der Waals surface area contributed by atoms with Crippen LogP contribution in [0.15, 0.2) is 67.3 Å². The number of aryl methyl sites for hydroxylation is 1. The number of aromatic nitrogens is 4. The molecule has 1 saturated heterocycles. The first-order chi connectivity index (χ1) is 15.7. The van der Waals surface area contributed by atoms with Gasteiger partial charge in [-0.15, -0.1) is 0 Å². The van der Waals surface area contributed by atoms with Gasteiger partial charge in [-0.25, -0.2) is 9.50 Å². The fourth-order valence-corrected chi connectivity index (χ4v) is 4.44. The summed E-state index contributed by atoms with van der Waals surface area (Å²) in [5.74, 6) is 1.26. The minimum atomic E-state index is 0.0623. The van der Waals surface area contributed by atoms with Gasteiger partial charge in [0.1, 0.15) is 5.82 Å². The summed E-state index contributed by atoms with van der Waals surface area (Å²) in [6.07, 6.45) is 8.38. The molecular weight excluding hydrogens is 402 g/mol. The zero-order valence-corrected chi connectivity index (χ0v) is 18.2. The highest BCUT2D eigenvalue weighted by Crippen LogP contribution is 2.20. The lowest BCUT2D eigenvalue weighted by Gasteiger charge is -2.24. The lowest BCUT2D eigenvalue weighted by atomic mass is 9.99. The van der Waals surface area contributed by atoms with Gasteiger partial charge in [-0.2, -0.15) is 5.10 Å². The number of nitrogens with zero attached hydrogens (tertiary/aromatic N) is 5. The third kappa shape index (κ3) is 4.29. The molecule has 5 rings (SSSR count). The van der Waals surface area contributed by atoms with Gasteiger partial charge in [-0.3, -0.25) is 4.79 Å². The number of pyridine rings is 1. The third-order valence-corrected chi connectivity index (χ3v) is 6.11. The standard InChI is InChI=1S/C25H27N5O2/c1-19-26-9-11-28(19)16-20-4-2-5-23(14-20)25(31)29-12-13-32-18-21(17-29)15-22-6-3-10-30-24(22)7-8-27-30/h2-11,14,21H,12-13,15-18H2,1H3. The van der Waals surface area contributed by atoms with Crippen LogP contribution in [0.5, 0.6) is 0 Å². The number of carbonyl (C=O) groups excluding carboxylic acids is 1. The Morgan fingerprint density at radius 2 is 2.09 bits per heavy atom. The van der Waals surface area contributed by atoms with E-state index < -0.39 is 0 Å². The van der Waals surface area contributed by atoms with E-state index in [9.17, 15) is 4.79 Å². The Hall–Kier alpha value is -3.45. The summed E-state index contributed by atoms with van der Waals surface area (Å²) in [5.41, 5.74) is 4.15. The molecule has 0 saturated carbocycles. The van der Waals surface area contributed by atoms with E-state index in [4.69, 9.17) is 4.74 Å². The average Bonchev–Trinajstić information content (AvgIpc) is 3.38. The maximum atomic E-state index is 13.4. The molecule has 7 heteroatoms. The Bertz CT molecular complexity index is 1230. The quantitative estimate of drug-likeness (QED) is 0.489. The van der Waals surface area contributed by atoms with Gasteiger partial charge in [0.15, 0.2) is 0 Å². The third-order valence-electron chi connectivity index (χ3n) is 6.11. The number of hydrogen-bond donors (Lipinski definition) is 0. The molecular formula is C25H27N5O2. The van der Waals surface area contributed by atoms with E-state index in [1.807, 2.05) is 65.3 Å². The van der Waals surface area contributed by atoms with Crippen LogP contribution in [0.3, 0.4) is 0 Å². The number of hydrogen-bond acceptors (Lipinski definition) is 4. The molecule has 1 aromatic carbocycles. The van der Waals surface area contributed by atoms with E-state index in [1.54, 1.807) is 6.20 Å². The lowest BCUT2D eigenvalue weighted by molar-refractivity contribution is 0.0737. The first-order valence-corrected chi connectivity index (χ1v) is 11.0. The SMILES string of the molecule is Cc1nccn1Cc1cccc(C(=O)N2CCOCC(Cc3cccn4nccc34)C2)c1. The Morgan fingerprint density at radius 1 is 1.16 bits per heavy atom. The van der Waals surface area contributed by atoms with Crippen LogP contribution in [0.2, 0.25) is 0 Å². The van der Waals surface area contributed by atoms with Crippen molar-refractivity contribution in [3.8, 4) is 0 Å². The number of ether oxygens (including phenoxy) is 1. The van der Waals surface area contributed by atoms with Gasteiger partial charge in [-0.1, -0.05) is 18.2 Å². The maximum Gasteiger partial charge on any atom is 0.253 e. The van der Waals surface area contributed by atoms with Gasteiger partial charge in [0, 0.05) is 55.9 Å². The van der Waals surface area contributed by atoms with Crippen molar-refractivity contribution in [2.75, 3.05) is 26.3 Å². The maximum absolute atomic E-state index is 13.4. The predicted molar refractivity (Wildman–Crippen MR) is 122 cm³/mol. The van der Waals surface area contributed by atoms with Gasteiger partial charge in [0.2, 0.25) is 0 Å². The Kier molecular flexibility index (Phi) is 5.73. The van der Waals surface area contributed by atoms with Crippen molar-refractivity contribution in [1.29, 1.82) is 0 Å². The van der Waals surface area contributed by atoms with Crippen LogP contribution in [-0.2, 0) is 17.7 Å². The molecule has 0 N–H and O–H groups in total. The summed E-state index contributed by atoms with van der Waals surface area (Å²) in [5, 5.41) is 4.33. The van der Waals surface area contributed by atoms with Gasteiger partial charge >= 0.3 is 0 Å². The van der Waals surface area contributed by atoms with E-state index >= 15 is 0 Å². The first kappa shape index (κ1) is 20.5. The average molecular weight is 430 g/mol. The zero-order chi connectivity index (χ0) is 21.9. The van der Waals surface area contributed by atoms with Crippen LogP contribution >= 0.6 is 0 Å². The van der Waals surface area contributed by atoms with Crippen LogP contribution < -0.4 is 0 Å². The number of imidazole rings is 1. The van der Waals surface area contributed by atoms with Crippen LogP contribution in [0.1, 0.15) is 27.3 Å². The minimum Gasteiger partial charge on any atom is -0.379 e. The highest BCUT2D eigenvalue weighted by Gasteiger charge is 2.24. The molecule has 164 valence electrons. The molecule has 0 aliphatic carbocycles. The lowest BCUT2D eigenvalue weighted by Crippen LogP contribution is -2.36. The summed E-state index contributed by atoms with van der Waals surface area (Å²) in [7, 11) is 0. The number of rotatable bonds is 5. The van der Waals surface area contributed by atoms with Crippen molar-refractivity contribution < 1.29 is 9.53 Å². The second-order valence-corrected chi connectivity index (χ2v) is 8.39. The summed E-state index contributed by atoms with van der Waals surface area (Å²) in [6, 6.07) is 14.1.